The van der Waals surface area contributed by atoms with Gasteiger partial charge >= 0.3 is 5.97 Å². The van der Waals surface area contributed by atoms with Gasteiger partial charge in [-0.1, -0.05) is 18.2 Å². The van der Waals surface area contributed by atoms with Crippen molar-refractivity contribution in [1.29, 1.82) is 0 Å². The third kappa shape index (κ3) is 4.46. The first kappa shape index (κ1) is 22.3. The highest BCUT2D eigenvalue weighted by molar-refractivity contribution is 7.17. The topological polar surface area (TPSA) is 88.6 Å². The highest BCUT2D eigenvalue weighted by atomic mass is 32.1. The predicted molar refractivity (Wildman–Crippen MR) is 131 cm³/mol. The molecule has 0 saturated heterocycles. The fraction of sp³-hybridized carbons (Fsp3) is 0.308. The predicted octanol–water partition coefficient (Wildman–Crippen LogP) is 4.41. The number of amides is 2. The molecule has 2 amide bonds. The van der Waals surface area contributed by atoms with Crippen molar-refractivity contribution in [3.05, 3.63) is 75.9 Å². The number of hydrogen-bond donors (Lipinski definition) is 1. The smallest absolute Gasteiger partial charge is 0.341 e. The average molecular weight is 476 g/mol. The first-order chi connectivity index (χ1) is 16.6. The molecule has 1 N–H and O–H groups in total. The van der Waals surface area contributed by atoms with Crippen molar-refractivity contribution in [2.75, 3.05) is 23.4 Å². The molecule has 2 aromatic heterocycles. The van der Waals surface area contributed by atoms with Gasteiger partial charge in [0.15, 0.2) is 6.61 Å². The monoisotopic (exact) mass is 475 g/mol. The summed E-state index contributed by atoms with van der Waals surface area (Å²) in [6.07, 6.45) is 8.53. The second-order valence-electron chi connectivity index (χ2n) is 8.46. The molecule has 2 aliphatic rings. The van der Waals surface area contributed by atoms with E-state index in [2.05, 4.69) is 10.3 Å². The molecular formula is C26H25N3O4S. The molecular weight excluding hydrogens is 450 g/mol. The van der Waals surface area contributed by atoms with Crippen LogP contribution >= 0.6 is 11.3 Å². The van der Waals surface area contributed by atoms with E-state index in [-0.39, 0.29) is 18.4 Å². The van der Waals surface area contributed by atoms with Crippen molar-refractivity contribution in [3.8, 4) is 0 Å². The lowest BCUT2D eigenvalue weighted by Crippen LogP contribution is -2.38. The first-order valence-corrected chi connectivity index (χ1v) is 12.3. The van der Waals surface area contributed by atoms with Crippen LogP contribution in [0, 0.1) is 0 Å². The second-order valence-corrected chi connectivity index (χ2v) is 9.57. The van der Waals surface area contributed by atoms with E-state index in [1.54, 1.807) is 23.2 Å². The Kier molecular flexibility index (Phi) is 6.40. The number of aryl methyl sites for hydroxylation is 2. The number of pyridine rings is 1. The number of ether oxygens (including phenoxy) is 1. The van der Waals surface area contributed by atoms with Gasteiger partial charge in [0.2, 0.25) is 0 Å². The fourth-order valence-corrected chi connectivity index (χ4v) is 5.88. The van der Waals surface area contributed by atoms with Crippen LogP contribution < -0.4 is 10.2 Å². The van der Waals surface area contributed by atoms with Crippen molar-refractivity contribution in [1.82, 2.24) is 4.98 Å². The summed E-state index contributed by atoms with van der Waals surface area (Å²) in [5.41, 5.74) is 3.72. The van der Waals surface area contributed by atoms with Gasteiger partial charge in [-0.15, -0.1) is 11.3 Å². The lowest BCUT2D eigenvalue weighted by atomic mass is 9.95. The molecule has 0 radical (unpaired) electrons. The standard InChI is InChI=1S/C26H25N3O4S/c30-22(29-14-6-9-17-7-1-3-11-20(17)29)16-33-26(32)23-19-10-2-4-12-21(19)34-25(23)28-24(31)18-8-5-13-27-15-18/h1,3,5,7-8,11,13,15H,2,4,6,9-10,12,14,16H2,(H,28,31). The zero-order valence-electron chi connectivity index (χ0n) is 18.7. The molecule has 1 aliphatic carbocycles. The number of anilines is 2. The van der Waals surface area contributed by atoms with Gasteiger partial charge in [0, 0.05) is 29.5 Å². The highest BCUT2D eigenvalue weighted by Gasteiger charge is 2.29. The number of nitrogens with one attached hydrogen (secondary N) is 1. The summed E-state index contributed by atoms with van der Waals surface area (Å²) < 4.78 is 5.52. The second kappa shape index (κ2) is 9.77. The SMILES string of the molecule is O=C(Nc1sc2c(c1C(=O)OCC(=O)N1CCCc3ccccc31)CCCC2)c1cccnc1. The third-order valence-electron chi connectivity index (χ3n) is 6.26. The van der Waals surface area contributed by atoms with Gasteiger partial charge in [0.05, 0.1) is 11.1 Å². The maximum absolute atomic E-state index is 13.2. The van der Waals surface area contributed by atoms with Gasteiger partial charge in [-0.25, -0.2) is 4.79 Å². The summed E-state index contributed by atoms with van der Waals surface area (Å²) >= 11 is 1.42. The molecule has 7 nitrogen and oxygen atoms in total. The molecule has 34 heavy (non-hydrogen) atoms. The van der Waals surface area contributed by atoms with Crippen LogP contribution in [0.15, 0.2) is 48.8 Å². The summed E-state index contributed by atoms with van der Waals surface area (Å²) in [5, 5.41) is 3.35. The Morgan fingerprint density at radius 3 is 2.74 bits per heavy atom. The molecule has 0 spiro atoms. The average Bonchev–Trinajstić information content (AvgIpc) is 3.25. The normalized spacial score (nSPS) is 14.6. The lowest BCUT2D eigenvalue weighted by Gasteiger charge is -2.29. The largest absolute Gasteiger partial charge is 0.452 e. The zero-order chi connectivity index (χ0) is 23.5. The number of fused-ring (bicyclic) bond motifs is 2. The quantitative estimate of drug-likeness (QED) is 0.552. The Bertz CT molecular complexity index is 1240. The van der Waals surface area contributed by atoms with Gasteiger partial charge < -0.3 is 15.0 Å². The summed E-state index contributed by atoms with van der Waals surface area (Å²) in [6.45, 7) is 0.265. The third-order valence-corrected chi connectivity index (χ3v) is 7.47. The number of esters is 1. The number of benzene rings is 1. The lowest BCUT2D eigenvalue weighted by molar-refractivity contribution is -0.121. The summed E-state index contributed by atoms with van der Waals surface area (Å²) in [7, 11) is 0. The molecule has 0 atom stereocenters. The summed E-state index contributed by atoms with van der Waals surface area (Å²) in [4.78, 5) is 45.7. The van der Waals surface area contributed by atoms with Crippen LogP contribution in [0.5, 0.6) is 0 Å². The van der Waals surface area contributed by atoms with Crippen LogP contribution in [0.25, 0.3) is 0 Å². The maximum atomic E-state index is 13.2. The number of nitrogens with zero attached hydrogens (tertiary/aromatic N) is 2. The minimum Gasteiger partial charge on any atom is -0.452 e. The van der Waals surface area contributed by atoms with E-state index in [1.807, 2.05) is 24.3 Å². The van der Waals surface area contributed by atoms with Gasteiger partial charge in [0.1, 0.15) is 5.00 Å². The number of carbonyl (C=O) groups is 3. The van der Waals surface area contributed by atoms with Crippen molar-refractivity contribution in [2.45, 2.75) is 38.5 Å². The van der Waals surface area contributed by atoms with E-state index >= 15 is 0 Å². The minimum absolute atomic E-state index is 0.245. The van der Waals surface area contributed by atoms with E-state index in [0.29, 0.717) is 22.7 Å². The van der Waals surface area contributed by atoms with Gasteiger partial charge in [-0.05, 0) is 67.9 Å². The van der Waals surface area contributed by atoms with E-state index in [1.165, 1.54) is 17.5 Å². The van der Waals surface area contributed by atoms with E-state index in [4.69, 9.17) is 4.74 Å². The van der Waals surface area contributed by atoms with Crippen LogP contribution in [0.1, 0.15) is 56.0 Å². The van der Waals surface area contributed by atoms with Gasteiger partial charge in [0.25, 0.3) is 11.8 Å². The first-order valence-electron chi connectivity index (χ1n) is 11.5. The zero-order valence-corrected chi connectivity index (χ0v) is 19.5. The fourth-order valence-electron chi connectivity index (χ4n) is 4.61. The number of aromatic nitrogens is 1. The number of hydrogen-bond acceptors (Lipinski definition) is 6. The van der Waals surface area contributed by atoms with Crippen LogP contribution in [-0.4, -0.2) is 35.9 Å². The van der Waals surface area contributed by atoms with E-state index < -0.39 is 5.97 Å². The number of carbonyl (C=O) groups excluding carboxylic acids is 3. The van der Waals surface area contributed by atoms with Crippen molar-refractivity contribution in [3.63, 3.8) is 0 Å². The highest BCUT2D eigenvalue weighted by Crippen LogP contribution is 2.39. The molecule has 1 aromatic carbocycles. The summed E-state index contributed by atoms with van der Waals surface area (Å²) in [5.74, 6) is -1.15. The molecule has 0 saturated carbocycles. The Morgan fingerprint density at radius 2 is 1.88 bits per heavy atom. The molecule has 0 bridgehead atoms. The van der Waals surface area contributed by atoms with E-state index in [9.17, 15) is 14.4 Å². The minimum atomic E-state index is -0.570. The molecule has 3 aromatic rings. The van der Waals surface area contributed by atoms with Crippen LogP contribution in [0.2, 0.25) is 0 Å². The van der Waals surface area contributed by atoms with Crippen LogP contribution in [0.4, 0.5) is 10.7 Å². The Morgan fingerprint density at radius 1 is 1.03 bits per heavy atom. The maximum Gasteiger partial charge on any atom is 0.341 e. The molecule has 1 aliphatic heterocycles. The number of para-hydroxylation sites is 1. The molecule has 5 rings (SSSR count). The Balaban J connectivity index is 1.34. The molecule has 8 heteroatoms. The van der Waals surface area contributed by atoms with Crippen LogP contribution in [0.3, 0.4) is 0 Å². The van der Waals surface area contributed by atoms with Gasteiger partial charge in [-0.2, -0.15) is 0 Å². The summed E-state index contributed by atoms with van der Waals surface area (Å²) in [6, 6.07) is 11.2. The number of thiophene rings is 1. The van der Waals surface area contributed by atoms with Crippen LogP contribution in [-0.2, 0) is 28.8 Å². The van der Waals surface area contributed by atoms with Crippen molar-refractivity contribution >= 4 is 39.8 Å². The van der Waals surface area contributed by atoms with Crippen molar-refractivity contribution < 1.29 is 19.1 Å². The molecule has 3 heterocycles. The van der Waals surface area contributed by atoms with Crippen molar-refractivity contribution in [2.24, 2.45) is 0 Å². The molecule has 0 unspecified atom stereocenters. The Labute approximate surface area is 201 Å². The molecule has 174 valence electrons. The van der Waals surface area contributed by atoms with Gasteiger partial charge in [-0.3, -0.25) is 14.6 Å². The Hall–Kier alpha value is -3.52. The molecule has 0 fully saturated rings. The number of rotatable bonds is 5. The van der Waals surface area contributed by atoms with E-state index in [0.717, 1.165) is 60.2 Å².